The predicted octanol–water partition coefficient (Wildman–Crippen LogP) is 4.22. The molecule has 0 atom stereocenters. The van der Waals surface area contributed by atoms with Crippen LogP contribution in [0, 0.1) is 17.2 Å². The molecule has 0 aromatic heterocycles. The average molecular weight is 234 g/mol. The molecule has 17 heavy (non-hydrogen) atoms. The van der Waals surface area contributed by atoms with E-state index in [1.54, 1.807) is 18.2 Å². The molecule has 92 valence electrons. The SMILES string of the molecule is CC1(C)CCC(C(=O)c2ccccc2F)CC1. The van der Waals surface area contributed by atoms with Crippen molar-refractivity contribution in [1.29, 1.82) is 0 Å². The Balaban J connectivity index is 2.10. The third-order valence-electron chi connectivity index (χ3n) is 3.85. The van der Waals surface area contributed by atoms with Crippen molar-refractivity contribution in [2.24, 2.45) is 11.3 Å². The van der Waals surface area contributed by atoms with Gasteiger partial charge in [0.25, 0.3) is 0 Å². The van der Waals surface area contributed by atoms with Gasteiger partial charge in [-0.25, -0.2) is 4.39 Å². The van der Waals surface area contributed by atoms with Gasteiger partial charge in [0, 0.05) is 5.92 Å². The molecule has 0 heterocycles. The lowest BCUT2D eigenvalue weighted by Gasteiger charge is -2.33. The summed E-state index contributed by atoms with van der Waals surface area (Å²) in [7, 11) is 0. The van der Waals surface area contributed by atoms with E-state index in [-0.39, 0.29) is 23.1 Å². The third-order valence-corrected chi connectivity index (χ3v) is 3.85. The second kappa shape index (κ2) is 4.59. The maximum absolute atomic E-state index is 13.5. The highest BCUT2D eigenvalue weighted by atomic mass is 19.1. The van der Waals surface area contributed by atoms with Gasteiger partial charge in [0.05, 0.1) is 5.56 Å². The first kappa shape index (κ1) is 12.3. The molecule has 1 fully saturated rings. The molecule has 1 nitrogen and oxygen atoms in total. The lowest BCUT2D eigenvalue weighted by atomic mass is 9.71. The molecule has 0 N–H and O–H groups in total. The van der Waals surface area contributed by atoms with E-state index in [1.165, 1.54) is 6.07 Å². The zero-order valence-corrected chi connectivity index (χ0v) is 10.5. The van der Waals surface area contributed by atoms with E-state index < -0.39 is 0 Å². The van der Waals surface area contributed by atoms with Crippen LogP contribution in [0.4, 0.5) is 4.39 Å². The number of hydrogen-bond acceptors (Lipinski definition) is 1. The first-order valence-corrected chi connectivity index (χ1v) is 6.28. The monoisotopic (exact) mass is 234 g/mol. The summed E-state index contributed by atoms with van der Waals surface area (Å²) in [5.41, 5.74) is 0.601. The van der Waals surface area contributed by atoms with Gasteiger partial charge in [-0.15, -0.1) is 0 Å². The van der Waals surface area contributed by atoms with Crippen molar-refractivity contribution in [2.75, 3.05) is 0 Å². The second-order valence-electron chi connectivity index (χ2n) is 5.78. The quantitative estimate of drug-likeness (QED) is 0.700. The van der Waals surface area contributed by atoms with E-state index in [9.17, 15) is 9.18 Å². The Kier molecular flexibility index (Phi) is 3.32. The first-order chi connectivity index (χ1) is 7.99. The molecule has 0 amide bonds. The zero-order chi connectivity index (χ0) is 12.5. The highest BCUT2D eigenvalue weighted by Crippen LogP contribution is 2.39. The Morgan fingerprint density at radius 2 is 1.82 bits per heavy atom. The summed E-state index contributed by atoms with van der Waals surface area (Å²) < 4.78 is 13.5. The minimum atomic E-state index is -0.387. The first-order valence-electron chi connectivity index (χ1n) is 6.28. The van der Waals surface area contributed by atoms with Crippen LogP contribution in [0.25, 0.3) is 0 Å². The fourth-order valence-corrected chi connectivity index (χ4v) is 2.54. The van der Waals surface area contributed by atoms with Crippen molar-refractivity contribution in [3.8, 4) is 0 Å². The van der Waals surface area contributed by atoms with Crippen LogP contribution in [0.2, 0.25) is 0 Å². The Labute approximate surface area is 102 Å². The summed E-state index contributed by atoms with van der Waals surface area (Å²) in [5.74, 6) is -0.388. The Bertz CT molecular complexity index is 413. The molecule has 1 aromatic rings. The van der Waals surface area contributed by atoms with Crippen LogP contribution in [0.3, 0.4) is 0 Å². The molecule has 0 saturated heterocycles. The van der Waals surface area contributed by atoms with Crippen LogP contribution < -0.4 is 0 Å². The summed E-state index contributed by atoms with van der Waals surface area (Å²) in [6.45, 7) is 4.47. The van der Waals surface area contributed by atoms with Crippen molar-refractivity contribution in [3.63, 3.8) is 0 Å². The van der Waals surface area contributed by atoms with E-state index >= 15 is 0 Å². The minimum absolute atomic E-state index is 0.0138. The minimum Gasteiger partial charge on any atom is -0.294 e. The van der Waals surface area contributed by atoms with Crippen molar-refractivity contribution in [3.05, 3.63) is 35.6 Å². The van der Waals surface area contributed by atoms with E-state index in [2.05, 4.69) is 13.8 Å². The van der Waals surface area contributed by atoms with Crippen LogP contribution in [-0.4, -0.2) is 5.78 Å². The van der Waals surface area contributed by atoms with Crippen molar-refractivity contribution < 1.29 is 9.18 Å². The van der Waals surface area contributed by atoms with Gasteiger partial charge < -0.3 is 0 Å². The summed E-state index contributed by atoms with van der Waals surface area (Å²) in [5, 5.41) is 0. The van der Waals surface area contributed by atoms with Crippen molar-refractivity contribution in [1.82, 2.24) is 0 Å². The molecule has 1 saturated carbocycles. The molecule has 2 rings (SSSR count). The predicted molar refractivity (Wildman–Crippen MR) is 66.5 cm³/mol. The molecule has 0 spiro atoms. The van der Waals surface area contributed by atoms with Gasteiger partial charge in [-0.05, 0) is 43.2 Å². The largest absolute Gasteiger partial charge is 0.294 e. The number of Topliss-reactive ketones (excluding diaryl/α,β-unsaturated/α-hetero) is 1. The van der Waals surface area contributed by atoms with Crippen LogP contribution in [0.15, 0.2) is 24.3 Å². The topological polar surface area (TPSA) is 17.1 Å². The second-order valence-corrected chi connectivity index (χ2v) is 5.78. The number of hydrogen-bond donors (Lipinski definition) is 0. The van der Waals surface area contributed by atoms with Crippen molar-refractivity contribution in [2.45, 2.75) is 39.5 Å². The average Bonchev–Trinajstić information content (AvgIpc) is 2.29. The molecule has 1 aliphatic carbocycles. The van der Waals surface area contributed by atoms with Gasteiger partial charge in [-0.3, -0.25) is 4.79 Å². The number of benzene rings is 1. The molecular formula is C15H19FO. The Morgan fingerprint density at radius 1 is 1.24 bits per heavy atom. The van der Waals surface area contributed by atoms with Crippen LogP contribution >= 0.6 is 0 Å². The fourth-order valence-electron chi connectivity index (χ4n) is 2.54. The maximum atomic E-state index is 13.5. The smallest absolute Gasteiger partial charge is 0.168 e. The van der Waals surface area contributed by atoms with Gasteiger partial charge in [-0.1, -0.05) is 26.0 Å². The molecule has 0 radical (unpaired) electrons. The third kappa shape index (κ3) is 2.74. The normalized spacial score (nSPS) is 20.2. The molecule has 0 aliphatic heterocycles. The van der Waals surface area contributed by atoms with Gasteiger partial charge in [0.15, 0.2) is 5.78 Å². The van der Waals surface area contributed by atoms with E-state index in [0.29, 0.717) is 5.41 Å². The number of rotatable bonds is 2. The molecule has 2 heteroatoms. The molecule has 0 unspecified atom stereocenters. The zero-order valence-electron chi connectivity index (χ0n) is 10.5. The van der Waals surface area contributed by atoms with E-state index in [4.69, 9.17) is 0 Å². The number of carbonyl (C=O) groups excluding carboxylic acids is 1. The van der Waals surface area contributed by atoms with Crippen LogP contribution in [0.1, 0.15) is 49.9 Å². The number of carbonyl (C=O) groups is 1. The number of halogens is 1. The van der Waals surface area contributed by atoms with Gasteiger partial charge in [0.2, 0.25) is 0 Å². The van der Waals surface area contributed by atoms with E-state index in [0.717, 1.165) is 25.7 Å². The van der Waals surface area contributed by atoms with Gasteiger partial charge >= 0.3 is 0 Å². The standard InChI is InChI=1S/C15H19FO/c1-15(2)9-7-11(8-10-15)14(17)12-5-3-4-6-13(12)16/h3-6,11H,7-10H2,1-2H3. The molecule has 0 bridgehead atoms. The fraction of sp³-hybridized carbons (Fsp3) is 0.533. The molecule has 1 aromatic carbocycles. The lowest BCUT2D eigenvalue weighted by Crippen LogP contribution is -2.26. The summed E-state index contributed by atoms with van der Waals surface area (Å²) >= 11 is 0. The summed E-state index contributed by atoms with van der Waals surface area (Å²) in [4.78, 5) is 12.2. The highest BCUT2D eigenvalue weighted by Gasteiger charge is 2.31. The molecular weight excluding hydrogens is 215 g/mol. The van der Waals surface area contributed by atoms with Gasteiger partial charge in [-0.2, -0.15) is 0 Å². The van der Waals surface area contributed by atoms with Crippen LogP contribution in [-0.2, 0) is 0 Å². The van der Waals surface area contributed by atoms with Crippen LogP contribution in [0.5, 0.6) is 0 Å². The van der Waals surface area contributed by atoms with E-state index in [1.807, 2.05) is 0 Å². The van der Waals surface area contributed by atoms with Crippen molar-refractivity contribution >= 4 is 5.78 Å². The lowest BCUT2D eigenvalue weighted by molar-refractivity contribution is 0.0834. The highest BCUT2D eigenvalue weighted by molar-refractivity contribution is 5.98. The Morgan fingerprint density at radius 3 is 2.41 bits per heavy atom. The number of ketones is 1. The molecule has 1 aliphatic rings. The summed E-state index contributed by atoms with van der Waals surface area (Å²) in [6, 6.07) is 6.30. The Hall–Kier alpha value is -1.18. The maximum Gasteiger partial charge on any atom is 0.168 e. The summed E-state index contributed by atoms with van der Waals surface area (Å²) in [6.07, 6.45) is 3.88. The van der Waals surface area contributed by atoms with Gasteiger partial charge in [0.1, 0.15) is 5.82 Å².